The van der Waals surface area contributed by atoms with Crippen LogP contribution in [0, 0.1) is 5.92 Å². The van der Waals surface area contributed by atoms with Crippen LogP contribution in [0.1, 0.15) is 77.6 Å². The minimum absolute atomic E-state index is 0.577. The van der Waals surface area contributed by atoms with E-state index in [4.69, 9.17) is 0 Å². The van der Waals surface area contributed by atoms with Gasteiger partial charge in [-0.1, -0.05) is 12.8 Å². The van der Waals surface area contributed by atoms with E-state index < -0.39 is 0 Å². The lowest BCUT2D eigenvalue weighted by Gasteiger charge is -2.47. The van der Waals surface area contributed by atoms with Crippen molar-refractivity contribution in [1.82, 2.24) is 10.6 Å². The van der Waals surface area contributed by atoms with E-state index in [9.17, 15) is 0 Å². The summed E-state index contributed by atoms with van der Waals surface area (Å²) in [5, 5.41) is 7.88. The quantitative estimate of drug-likeness (QED) is 0.797. The monoisotopic (exact) mass is 262 g/mol. The Hall–Kier alpha value is -0.0800. The molecule has 2 spiro atoms. The van der Waals surface area contributed by atoms with Gasteiger partial charge in [0.1, 0.15) is 0 Å². The molecule has 0 aromatic carbocycles. The zero-order valence-electron chi connectivity index (χ0n) is 12.5. The molecule has 4 rings (SSSR count). The lowest BCUT2D eigenvalue weighted by molar-refractivity contribution is 0.104. The predicted octanol–water partition coefficient (Wildman–Crippen LogP) is 3.36. The van der Waals surface area contributed by atoms with Crippen LogP contribution in [-0.4, -0.2) is 23.2 Å². The van der Waals surface area contributed by atoms with Gasteiger partial charge >= 0.3 is 0 Å². The van der Waals surface area contributed by atoms with E-state index in [-0.39, 0.29) is 0 Å². The third-order valence-electron chi connectivity index (χ3n) is 6.63. The minimum atomic E-state index is 0.577. The normalized spacial score (nSPS) is 48.2. The summed E-state index contributed by atoms with van der Waals surface area (Å²) in [4.78, 5) is 0. The first kappa shape index (κ1) is 12.6. The number of hydrogen-bond acceptors (Lipinski definition) is 2. The van der Waals surface area contributed by atoms with Gasteiger partial charge in [0.25, 0.3) is 0 Å². The van der Waals surface area contributed by atoms with Crippen molar-refractivity contribution in [2.75, 3.05) is 0 Å². The highest BCUT2D eigenvalue weighted by atomic mass is 15.1. The highest BCUT2D eigenvalue weighted by Gasteiger charge is 2.49. The molecule has 2 aliphatic carbocycles. The van der Waals surface area contributed by atoms with Gasteiger partial charge in [-0.25, -0.2) is 0 Å². The summed E-state index contributed by atoms with van der Waals surface area (Å²) in [6.07, 6.45) is 16.0. The predicted molar refractivity (Wildman–Crippen MR) is 79.3 cm³/mol. The Balaban J connectivity index is 1.26. The van der Waals surface area contributed by atoms with E-state index in [1.165, 1.54) is 70.6 Å². The van der Waals surface area contributed by atoms with Gasteiger partial charge in [0.15, 0.2) is 0 Å². The number of rotatable bonds is 2. The number of nitrogens with one attached hydrogen (secondary N) is 2. The Morgan fingerprint density at radius 2 is 1.63 bits per heavy atom. The molecule has 2 aliphatic heterocycles. The van der Waals surface area contributed by atoms with Crippen LogP contribution < -0.4 is 10.6 Å². The van der Waals surface area contributed by atoms with E-state index in [2.05, 4.69) is 17.6 Å². The number of hydrogen-bond donors (Lipinski definition) is 2. The molecule has 2 atom stereocenters. The molecule has 2 heteroatoms. The summed E-state index contributed by atoms with van der Waals surface area (Å²) in [6, 6.07) is 1.62. The molecular weight excluding hydrogens is 232 g/mol. The summed E-state index contributed by atoms with van der Waals surface area (Å²) < 4.78 is 0. The Bertz CT molecular complexity index is 339. The van der Waals surface area contributed by atoms with Gasteiger partial charge in [-0.2, -0.15) is 0 Å². The van der Waals surface area contributed by atoms with Crippen molar-refractivity contribution in [3.63, 3.8) is 0 Å². The van der Waals surface area contributed by atoms with Crippen LogP contribution in [0.25, 0.3) is 0 Å². The molecular formula is C17H30N2. The van der Waals surface area contributed by atoms with E-state index in [0.717, 1.165) is 18.0 Å². The van der Waals surface area contributed by atoms with Gasteiger partial charge in [0, 0.05) is 23.2 Å². The Morgan fingerprint density at radius 3 is 2.32 bits per heavy atom. The summed E-state index contributed by atoms with van der Waals surface area (Å²) >= 11 is 0. The maximum absolute atomic E-state index is 4.03. The van der Waals surface area contributed by atoms with E-state index in [0.29, 0.717) is 11.1 Å². The third-order valence-corrected chi connectivity index (χ3v) is 6.63. The highest BCUT2D eigenvalue weighted by molar-refractivity contribution is 5.08. The summed E-state index contributed by atoms with van der Waals surface area (Å²) in [5.41, 5.74) is 1.17. The first-order valence-electron chi connectivity index (χ1n) is 8.73. The third kappa shape index (κ3) is 2.25. The molecule has 4 fully saturated rings. The van der Waals surface area contributed by atoms with Crippen molar-refractivity contribution in [2.24, 2.45) is 5.92 Å². The second-order valence-electron chi connectivity index (χ2n) is 8.24. The van der Waals surface area contributed by atoms with Crippen molar-refractivity contribution in [2.45, 2.75) is 101 Å². The summed E-state index contributed by atoms with van der Waals surface area (Å²) in [6.45, 7) is 2.35. The van der Waals surface area contributed by atoms with Crippen molar-refractivity contribution in [3.8, 4) is 0 Å². The van der Waals surface area contributed by atoms with Gasteiger partial charge in [0.05, 0.1) is 0 Å². The topological polar surface area (TPSA) is 24.1 Å². The summed E-state index contributed by atoms with van der Waals surface area (Å²) in [5.74, 6) is 1.01. The molecule has 19 heavy (non-hydrogen) atoms. The average Bonchev–Trinajstić information content (AvgIpc) is 3.03. The SMILES string of the molecule is CC1CCC2(CC(CC3CCC4(CCCC4)N3)C2)N1. The van der Waals surface area contributed by atoms with Crippen LogP contribution in [0.3, 0.4) is 0 Å². The minimum Gasteiger partial charge on any atom is -0.309 e. The highest BCUT2D eigenvalue weighted by Crippen LogP contribution is 2.48. The van der Waals surface area contributed by atoms with Gasteiger partial charge in [-0.3, -0.25) is 0 Å². The molecule has 0 radical (unpaired) electrons. The molecule has 2 unspecified atom stereocenters. The van der Waals surface area contributed by atoms with Crippen LogP contribution in [0.5, 0.6) is 0 Å². The second-order valence-corrected chi connectivity index (χ2v) is 8.24. The van der Waals surface area contributed by atoms with Gasteiger partial charge in [-0.15, -0.1) is 0 Å². The lowest BCUT2D eigenvalue weighted by Crippen LogP contribution is -2.54. The molecule has 4 aliphatic rings. The van der Waals surface area contributed by atoms with Crippen molar-refractivity contribution < 1.29 is 0 Å². The molecule has 2 saturated heterocycles. The molecule has 2 saturated carbocycles. The maximum atomic E-state index is 4.03. The standard InChI is InChI=1S/C17H30N2/c1-13-4-8-17(18-13)11-14(12-17)10-15-5-9-16(19-15)6-2-3-7-16/h13-15,18-19H,2-12H2,1H3. The zero-order valence-corrected chi connectivity index (χ0v) is 12.5. The van der Waals surface area contributed by atoms with Crippen LogP contribution in [0.2, 0.25) is 0 Å². The Kier molecular flexibility index (Phi) is 2.97. The largest absolute Gasteiger partial charge is 0.309 e. The molecule has 0 amide bonds. The fourth-order valence-electron chi connectivity index (χ4n) is 5.75. The van der Waals surface area contributed by atoms with Gasteiger partial charge in [-0.05, 0) is 70.6 Å². The van der Waals surface area contributed by atoms with Crippen molar-refractivity contribution in [3.05, 3.63) is 0 Å². The molecule has 2 heterocycles. The molecule has 108 valence electrons. The maximum Gasteiger partial charge on any atom is 0.0189 e. The molecule has 0 aromatic rings. The molecule has 0 aromatic heterocycles. The molecule has 2 nitrogen and oxygen atoms in total. The Morgan fingerprint density at radius 1 is 0.895 bits per heavy atom. The first-order valence-corrected chi connectivity index (χ1v) is 8.73. The van der Waals surface area contributed by atoms with E-state index >= 15 is 0 Å². The Labute approximate surface area is 118 Å². The first-order chi connectivity index (χ1) is 9.17. The lowest BCUT2D eigenvalue weighted by atomic mass is 9.65. The van der Waals surface area contributed by atoms with Gasteiger partial charge < -0.3 is 10.6 Å². The smallest absolute Gasteiger partial charge is 0.0189 e. The fourth-order valence-corrected chi connectivity index (χ4v) is 5.75. The molecule has 0 bridgehead atoms. The van der Waals surface area contributed by atoms with Crippen LogP contribution in [0.4, 0.5) is 0 Å². The van der Waals surface area contributed by atoms with Crippen LogP contribution in [0.15, 0.2) is 0 Å². The zero-order chi connectivity index (χ0) is 12.9. The van der Waals surface area contributed by atoms with Crippen molar-refractivity contribution in [1.29, 1.82) is 0 Å². The second kappa shape index (κ2) is 4.46. The van der Waals surface area contributed by atoms with Crippen molar-refractivity contribution >= 4 is 0 Å². The summed E-state index contributed by atoms with van der Waals surface area (Å²) in [7, 11) is 0. The average molecular weight is 262 g/mol. The van der Waals surface area contributed by atoms with Crippen LogP contribution in [-0.2, 0) is 0 Å². The fraction of sp³-hybridized carbons (Fsp3) is 1.00. The van der Waals surface area contributed by atoms with E-state index in [1.54, 1.807) is 0 Å². The van der Waals surface area contributed by atoms with Gasteiger partial charge in [0.2, 0.25) is 0 Å². The van der Waals surface area contributed by atoms with Crippen LogP contribution >= 0.6 is 0 Å². The molecule has 2 N–H and O–H groups in total. The van der Waals surface area contributed by atoms with E-state index in [1.807, 2.05) is 0 Å².